The Morgan fingerprint density at radius 1 is 1.29 bits per heavy atom. The van der Waals surface area contributed by atoms with Crippen LogP contribution in [0.4, 0.5) is 0 Å². The molecule has 28 heavy (non-hydrogen) atoms. The Balaban J connectivity index is 1.32. The zero-order chi connectivity index (χ0) is 19.4. The summed E-state index contributed by atoms with van der Waals surface area (Å²) in [5.41, 5.74) is 0.786. The van der Waals surface area contributed by atoms with Gasteiger partial charge in [0.2, 0.25) is 5.91 Å². The number of rotatable bonds is 5. The van der Waals surface area contributed by atoms with E-state index in [0.717, 1.165) is 29.8 Å². The van der Waals surface area contributed by atoms with Crippen LogP contribution in [0.3, 0.4) is 0 Å². The molecule has 2 aliphatic rings. The third-order valence-electron chi connectivity index (χ3n) is 5.10. The van der Waals surface area contributed by atoms with E-state index in [1.165, 1.54) is 0 Å². The molecule has 0 aromatic carbocycles. The molecule has 0 saturated carbocycles. The maximum atomic E-state index is 12.6. The molecule has 0 bridgehead atoms. The van der Waals surface area contributed by atoms with Crippen LogP contribution in [-0.2, 0) is 27.4 Å². The van der Waals surface area contributed by atoms with Gasteiger partial charge in [0, 0.05) is 36.8 Å². The van der Waals surface area contributed by atoms with Crippen molar-refractivity contribution in [3.8, 4) is 0 Å². The van der Waals surface area contributed by atoms with Gasteiger partial charge in [-0.3, -0.25) is 14.6 Å². The smallest absolute Gasteiger partial charge is 0.269 e. The van der Waals surface area contributed by atoms with Crippen molar-refractivity contribution in [1.82, 2.24) is 15.2 Å². The Hall–Kier alpha value is -2.74. The van der Waals surface area contributed by atoms with E-state index in [1.54, 1.807) is 23.7 Å². The average Bonchev–Trinajstić information content (AvgIpc) is 3.37. The minimum absolute atomic E-state index is 0.0979. The van der Waals surface area contributed by atoms with Crippen molar-refractivity contribution in [1.29, 1.82) is 0 Å². The Kier molecular flexibility index (Phi) is 5.38. The van der Waals surface area contributed by atoms with Gasteiger partial charge >= 0.3 is 0 Å². The molecule has 1 N–H and O–H groups in total. The number of pyridine rings is 1. The van der Waals surface area contributed by atoms with Crippen LogP contribution in [-0.4, -0.2) is 46.1 Å². The number of carbonyl (C=O) groups is 2. The van der Waals surface area contributed by atoms with Crippen LogP contribution >= 0.6 is 11.3 Å². The van der Waals surface area contributed by atoms with Crippen molar-refractivity contribution >= 4 is 28.9 Å². The maximum Gasteiger partial charge on any atom is 0.269 e. The van der Waals surface area contributed by atoms with Gasteiger partial charge in [0.25, 0.3) is 5.91 Å². The first-order valence-corrected chi connectivity index (χ1v) is 10.2. The quantitative estimate of drug-likeness (QED) is 0.836. The molecule has 2 amide bonds. The Morgan fingerprint density at radius 3 is 2.93 bits per heavy atom. The van der Waals surface area contributed by atoms with Crippen molar-refractivity contribution in [2.45, 2.75) is 37.8 Å². The lowest BCUT2D eigenvalue weighted by Crippen LogP contribution is -2.51. The third-order valence-corrected chi connectivity index (χ3v) is 5.98. The molecule has 2 aromatic heterocycles. The number of aromatic nitrogens is 1. The van der Waals surface area contributed by atoms with E-state index in [2.05, 4.69) is 15.5 Å². The van der Waals surface area contributed by atoms with Crippen LogP contribution in [0.25, 0.3) is 0 Å². The molecule has 4 heterocycles. The van der Waals surface area contributed by atoms with Crippen molar-refractivity contribution in [2.24, 2.45) is 5.16 Å². The van der Waals surface area contributed by atoms with Gasteiger partial charge in [0.05, 0.1) is 13.0 Å². The lowest BCUT2D eigenvalue weighted by molar-refractivity contribution is -0.139. The van der Waals surface area contributed by atoms with Gasteiger partial charge in [0.1, 0.15) is 5.71 Å². The second-order valence-electron chi connectivity index (χ2n) is 7.20. The highest BCUT2D eigenvalue weighted by Crippen LogP contribution is 2.33. The molecule has 146 valence electrons. The van der Waals surface area contributed by atoms with Gasteiger partial charge in [-0.25, -0.2) is 0 Å². The number of piperidine rings is 1. The molecule has 0 radical (unpaired) electrons. The molecular formula is C20H22N4O3S. The maximum absolute atomic E-state index is 12.6. The normalized spacial score (nSPS) is 21.3. The zero-order valence-electron chi connectivity index (χ0n) is 15.5. The molecule has 4 rings (SSSR count). The second-order valence-corrected chi connectivity index (χ2v) is 8.23. The molecule has 2 aliphatic heterocycles. The van der Waals surface area contributed by atoms with Crippen LogP contribution in [0.5, 0.6) is 0 Å². The number of thiophene rings is 1. The molecule has 1 spiro atoms. The largest absolute Gasteiger partial charge is 0.386 e. The summed E-state index contributed by atoms with van der Waals surface area (Å²) in [5.74, 6) is -0.128. The predicted octanol–water partition coefficient (Wildman–Crippen LogP) is 2.14. The van der Waals surface area contributed by atoms with Gasteiger partial charge < -0.3 is 15.1 Å². The molecule has 0 aliphatic carbocycles. The number of nitrogens with zero attached hydrogens (tertiary/aromatic N) is 3. The fourth-order valence-corrected chi connectivity index (χ4v) is 4.33. The molecule has 1 atom stereocenters. The number of carbonyl (C=O) groups excluding carboxylic acids is 2. The van der Waals surface area contributed by atoms with E-state index >= 15 is 0 Å². The van der Waals surface area contributed by atoms with E-state index in [0.29, 0.717) is 31.6 Å². The SMILES string of the molecule is O=C(NCc1ccncc1)C1=NO[C@@]2(CCCN(C(=O)Cc3cccs3)C2)C1. The minimum atomic E-state index is -0.577. The minimum Gasteiger partial charge on any atom is -0.386 e. The molecule has 1 fully saturated rings. The van der Waals surface area contributed by atoms with E-state index in [1.807, 2.05) is 34.5 Å². The second kappa shape index (κ2) is 8.10. The topological polar surface area (TPSA) is 83.9 Å². The number of likely N-dealkylation sites (tertiary alicyclic amines) is 1. The molecule has 1 saturated heterocycles. The fraction of sp³-hybridized carbons (Fsp3) is 0.400. The van der Waals surface area contributed by atoms with Crippen LogP contribution in [0.2, 0.25) is 0 Å². The molecule has 8 heteroatoms. The van der Waals surface area contributed by atoms with Gasteiger partial charge in [0.15, 0.2) is 5.60 Å². The monoisotopic (exact) mass is 398 g/mol. The summed E-state index contributed by atoms with van der Waals surface area (Å²) in [4.78, 5) is 37.7. The van der Waals surface area contributed by atoms with Crippen molar-refractivity contribution in [3.05, 3.63) is 52.5 Å². The highest BCUT2D eigenvalue weighted by molar-refractivity contribution is 7.10. The molecule has 0 unspecified atom stereocenters. The van der Waals surface area contributed by atoms with Crippen molar-refractivity contribution < 1.29 is 14.4 Å². The van der Waals surface area contributed by atoms with Gasteiger partial charge in [-0.2, -0.15) is 0 Å². The molecule has 2 aromatic rings. The van der Waals surface area contributed by atoms with Crippen LogP contribution in [0.15, 0.2) is 47.2 Å². The summed E-state index contributed by atoms with van der Waals surface area (Å²) >= 11 is 1.59. The first kappa shape index (κ1) is 18.6. The highest BCUT2D eigenvalue weighted by atomic mass is 32.1. The first-order chi connectivity index (χ1) is 13.6. The predicted molar refractivity (Wildman–Crippen MR) is 106 cm³/mol. The lowest BCUT2D eigenvalue weighted by Gasteiger charge is -2.38. The summed E-state index contributed by atoms with van der Waals surface area (Å²) < 4.78 is 0. The first-order valence-electron chi connectivity index (χ1n) is 9.36. The summed E-state index contributed by atoms with van der Waals surface area (Å²) in [6.07, 6.45) is 5.86. The van der Waals surface area contributed by atoms with Gasteiger partial charge in [-0.05, 0) is 42.0 Å². The van der Waals surface area contributed by atoms with Crippen LogP contribution in [0.1, 0.15) is 29.7 Å². The third kappa shape index (κ3) is 4.22. The Labute approximate surface area is 167 Å². The summed E-state index contributed by atoms with van der Waals surface area (Å²) in [6.45, 7) is 1.61. The summed E-state index contributed by atoms with van der Waals surface area (Å²) in [5, 5.41) is 8.90. The van der Waals surface area contributed by atoms with Gasteiger partial charge in [-0.1, -0.05) is 11.2 Å². The number of nitrogens with one attached hydrogen (secondary N) is 1. The van der Waals surface area contributed by atoms with Crippen LogP contribution < -0.4 is 5.32 Å². The number of amides is 2. The van der Waals surface area contributed by atoms with Gasteiger partial charge in [-0.15, -0.1) is 11.3 Å². The van der Waals surface area contributed by atoms with Crippen molar-refractivity contribution in [2.75, 3.05) is 13.1 Å². The summed E-state index contributed by atoms with van der Waals surface area (Å²) in [7, 11) is 0. The fourth-order valence-electron chi connectivity index (χ4n) is 3.63. The highest BCUT2D eigenvalue weighted by Gasteiger charge is 2.45. The van der Waals surface area contributed by atoms with Crippen molar-refractivity contribution in [3.63, 3.8) is 0 Å². The Bertz CT molecular complexity index is 869. The molecular weight excluding hydrogens is 376 g/mol. The molecule has 7 nitrogen and oxygen atoms in total. The van der Waals surface area contributed by atoms with E-state index in [-0.39, 0.29) is 11.8 Å². The van der Waals surface area contributed by atoms with E-state index < -0.39 is 5.60 Å². The van der Waals surface area contributed by atoms with Crippen LogP contribution in [0, 0.1) is 0 Å². The zero-order valence-corrected chi connectivity index (χ0v) is 16.3. The lowest BCUT2D eigenvalue weighted by atomic mass is 9.88. The van der Waals surface area contributed by atoms with E-state index in [4.69, 9.17) is 4.84 Å². The average molecular weight is 398 g/mol. The number of hydrogen-bond acceptors (Lipinski definition) is 6. The van der Waals surface area contributed by atoms with E-state index in [9.17, 15) is 9.59 Å². The number of oxime groups is 1. The Morgan fingerprint density at radius 2 is 2.14 bits per heavy atom. The number of hydrogen-bond donors (Lipinski definition) is 1. The standard InChI is InChI=1S/C20H22N4O3S/c25-18(11-16-3-1-10-28-16)24-9-2-6-20(14-24)12-17(23-27-20)19(26)22-13-15-4-7-21-8-5-15/h1,3-5,7-8,10H,2,6,9,11-14H2,(H,22,26)/t20-/m0/s1. The summed E-state index contributed by atoms with van der Waals surface area (Å²) in [6, 6.07) is 7.64.